The average Bonchev–Trinajstić information content (AvgIpc) is 2.50. The van der Waals surface area contributed by atoms with Gasteiger partial charge in [-0.25, -0.2) is 13.2 Å². The summed E-state index contributed by atoms with van der Waals surface area (Å²) >= 11 is 0. The average molecular weight is 344 g/mol. The number of sulfonamides is 1. The smallest absolute Gasteiger partial charge is 0.407 e. The van der Waals surface area contributed by atoms with Gasteiger partial charge in [0.15, 0.2) is 11.5 Å². The maximum atomic E-state index is 12.0. The van der Waals surface area contributed by atoms with Gasteiger partial charge in [-0.1, -0.05) is 0 Å². The summed E-state index contributed by atoms with van der Waals surface area (Å²) in [5.74, 6) is 1.08. The molecule has 0 aliphatic carbocycles. The third-order valence-corrected chi connectivity index (χ3v) is 4.27. The van der Waals surface area contributed by atoms with Gasteiger partial charge in [0.05, 0.1) is 25.1 Å². The second kappa shape index (κ2) is 7.40. The standard InChI is InChI=1S/C14H20N2O6S/c1-3-20-14(17)15-6-7-16(23(2,18)19)11-4-5-12-13(10-11)22-9-8-21-12/h4-5,10H,3,6-9H2,1-2H3,(H,15,17). The van der Waals surface area contributed by atoms with Crippen molar-refractivity contribution < 1.29 is 27.4 Å². The Hall–Kier alpha value is -2.16. The van der Waals surface area contributed by atoms with Crippen LogP contribution in [0.15, 0.2) is 18.2 Å². The van der Waals surface area contributed by atoms with Gasteiger partial charge in [0.25, 0.3) is 0 Å². The normalized spacial score (nSPS) is 13.3. The van der Waals surface area contributed by atoms with Crippen LogP contribution in [0.1, 0.15) is 6.92 Å². The summed E-state index contributed by atoms with van der Waals surface area (Å²) in [4.78, 5) is 11.3. The van der Waals surface area contributed by atoms with Crippen LogP contribution in [-0.2, 0) is 14.8 Å². The minimum Gasteiger partial charge on any atom is -0.486 e. The molecule has 1 aromatic rings. The number of benzene rings is 1. The van der Waals surface area contributed by atoms with Gasteiger partial charge in [0.2, 0.25) is 10.0 Å². The number of amides is 1. The van der Waals surface area contributed by atoms with Gasteiger partial charge < -0.3 is 19.5 Å². The van der Waals surface area contributed by atoms with Crippen molar-refractivity contribution in [1.29, 1.82) is 0 Å². The van der Waals surface area contributed by atoms with Crippen molar-refractivity contribution >= 4 is 21.8 Å². The molecule has 1 N–H and O–H groups in total. The molecule has 1 aliphatic rings. The van der Waals surface area contributed by atoms with E-state index in [0.29, 0.717) is 30.4 Å². The summed E-state index contributed by atoms with van der Waals surface area (Å²) < 4.78 is 40.8. The lowest BCUT2D eigenvalue weighted by Crippen LogP contribution is -2.38. The number of alkyl carbamates (subject to hydrolysis) is 1. The number of anilines is 1. The van der Waals surface area contributed by atoms with Crippen LogP contribution < -0.4 is 19.1 Å². The Morgan fingerprint density at radius 1 is 1.30 bits per heavy atom. The van der Waals surface area contributed by atoms with Gasteiger partial charge in [0.1, 0.15) is 13.2 Å². The van der Waals surface area contributed by atoms with Crippen molar-refractivity contribution in [3.8, 4) is 11.5 Å². The van der Waals surface area contributed by atoms with Crippen LogP contribution in [0, 0.1) is 0 Å². The monoisotopic (exact) mass is 344 g/mol. The largest absolute Gasteiger partial charge is 0.486 e. The molecule has 0 bridgehead atoms. The molecule has 8 nitrogen and oxygen atoms in total. The van der Waals surface area contributed by atoms with Crippen LogP contribution in [0.5, 0.6) is 11.5 Å². The van der Waals surface area contributed by atoms with Crippen molar-refractivity contribution in [1.82, 2.24) is 5.32 Å². The molecule has 23 heavy (non-hydrogen) atoms. The molecule has 0 unspecified atom stereocenters. The van der Waals surface area contributed by atoms with Gasteiger partial charge in [-0.15, -0.1) is 0 Å². The number of hydrogen-bond donors (Lipinski definition) is 1. The Labute approximate surface area is 135 Å². The summed E-state index contributed by atoms with van der Waals surface area (Å²) in [5.41, 5.74) is 0.447. The molecule has 1 heterocycles. The summed E-state index contributed by atoms with van der Waals surface area (Å²) in [6.07, 6.45) is 0.525. The van der Waals surface area contributed by atoms with Gasteiger partial charge in [-0.2, -0.15) is 0 Å². The van der Waals surface area contributed by atoms with E-state index in [1.165, 1.54) is 4.31 Å². The summed E-state index contributed by atoms with van der Waals surface area (Å²) in [7, 11) is -3.51. The van der Waals surface area contributed by atoms with E-state index >= 15 is 0 Å². The number of ether oxygens (including phenoxy) is 3. The fourth-order valence-corrected chi connectivity index (χ4v) is 3.03. The fraction of sp³-hybridized carbons (Fsp3) is 0.500. The Balaban J connectivity index is 2.11. The van der Waals surface area contributed by atoms with Crippen LogP contribution in [0.25, 0.3) is 0 Å². The summed E-state index contributed by atoms with van der Waals surface area (Å²) in [6, 6.07) is 4.92. The molecule has 0 atom stereocenters. The first-order valence-corrected chi connectivity index (χ1v) is 9.04. The number of carbonyl (C=O) groups is 1. The van der Waals surface area contributed by atoms with E-state index in [0.717, 1.165) is 6.26 Å². The predicted molar refractivity (Wildman–Crippen MR) is 84.6 cm³/mol. The zero-order valence-corrected chi connectivity index (χ0v) is 13.9. The Kier molecular flexibility index (Phi) is 5.54. The number of carbonyl (C=O) groups excluding carboxylic acids is 1. The van der Waals surface area contributed by atoms with Crippen LogP contribution in [0.3, 0.4) is 0 Å². The fourth-order valence-electron chi connectivity index (χ4n) is 2.12. The highest BCUT2D eigenvalue weighted by Gasteiger charge is 2.20. The van der Waals surface area contributed by atoms with E-state index in [-0.39, 0.29) is 19.7 Å². The second-order valence-corrected chi connectivity index (χ2v) is 6.72. The Morgan fingerprint density at radius 3 is 2.65 bits per heavy atom. The summed E-state index contributed by atoms with van der Waals surface area (Å²) in [6.45, 7) is 3.03. The van der Waals surface area contributed by atoms with E-state index in [9.17, 15) is 13.2 Å². The third kappa shape index (κ3) is 4.65. The predicted octanol–water partition coefficient (Wildman–Crippen LogP) is 0.970. The SMILES string of the molecule is CCOC(=O)NCCN(c1ccc2c(c1)OCCO2)S(C)(=O)=O. The molecular formula is C14H20N2O6S. The number of nitrogens with one attached hydrogen (secondary N) is 1. The van der Waals surface area contributed by atoms with Crippen molar-refractivity contribution in [3.05, 3.63) is 18.2 Å². The molecule has 2 rings (SSSR count). The molecule has 0 spiro atoms. The van der Waals surface area contributed by atoms with Crippen molar-refractivity contribution in [2.45, 2.75) is 6.92 Å². The molecule has 0 fully saturated rings. The highest BCUT2D eigenvalue weighted by molar-refractivity contribution is 7.92. The third-order valence-electron chi connectivity index (χ3n) is 3.07. The Morgan fingerprint density at radius 2 is 2.00 bits per heavy atom. The number of hydrogen-bond acceptors (Lipinski definition) is 6. The molecule has 1 aliphatic heterocycles. The van der Waals surface area contributed by atoms with Crippen LogP contribution in [-0.4, -0.2) is 53.7 Å². The van der Waals surface area contributed by atoms with E-state index < -0.39 is 16.1 Å². The first-order valence-electron chi connectivity index (χ1n) is 7.20. The van der Waals surface area contributed by atoms with Gasteiger partial charge in [-0.3, -0.25) is 4.31 Å². The lowest BCUT2D eigenvalue weighted by atomic mass is 10.2. The first-order chi connectivity index (χ1) is 10.9. The lowest BCUT2D eigenvalue weighted by Gasteiger charge is -2.25. The zero-order valence-electron chi connectivity index (χ0n) is 13.1. The van der Waals surface area contributed by atoms with Crippen LogP contribution >= 0.6 is 0 Å². The second-order valence-electron chi connectivity index (χ2n) is 4.81. The molecule has 1 aromatic carbocycles. The van der Waals surface area contributed by atoms with E-state index in [1.807, 2.05) is 0 Å². The maximum absolute atomic E-state index is 12.0. The molecule has 0 saturated carbocycles. The maximum Gasteiger partial charge on any atom is 0.407 e. The van der Waals surface area contributed by atoms with E-state index in [1.54, 1.807) is 25.1 Å². The van der Waals surface area contributed by atoms with Crippen molar-refractivity contribution in [3.63, 3.8) is 0 Å². The molecule has 0 radical (unpaired) electrons. The molecule has 0 aromatic heterocycles. The number of nitrogens with zero attached hydrogens (tertiary/aromatic N) is 1. The topological polar surface area (TPSA) is 94.2 Å². The minimum atomic E-state index is -3.51. The van der Waals surface area contributed by atoms with Crippen molar-refractivity contribution in [2.24, 2.45) is 0 Å². The molecule has 1 amide bonds. The van der Waals surface area contributed by atoms with Gasteiger partial charge >= 0.3 is 6.09 Å². The highest BCUT2D eigenvalue weighted by atomic mass is 32.2. The quantitative estimate of drug-likeness (QED) is 0.826. The Bertz CT molecular complexity index is 661. The highest BCUT2D eigenvalue weighted by Crippen LogP contribution is 2.34. The molecular weight excluding hydrogens is 324 g/mol. The van der Waals surface area contributed by atoms with Gasteiger partial charge in [-0.05, 0) is 19.1 Å². The van der Waals surface area contributed by atoms with Crippen LogP contribution in [0.4, 0.5) is 10.5 Å². The molecule has 9 heteroatoms. The molecule has 128 valence electrons. The van der Waals surface area contributed by atoms with E-state index in [2.05, 4.69) is 5.32 Å². The molecule has 0 saturated heterocycles. The minimum absolute atomic E-state index is 0.0806. The number of fused-ring (bicyclic) bond motifs is 1. The van der Waals surface area contributed by atoms with Crippen LogP contribution in [0.2, 0.25) is 0 Å². The van der Waals surface area contributed by atoms with E-state index in [4.69, 9.17) is 14.2 Å². The lowest BCUT2D eigenvalue weighted by molar-refractivity contribution is 0.152. The first kappa shape index (κ1) is 17.2. The summed E-state index contributed by atoms with van der Waals surface area (Å²) in [5, 5.41) is 2.50. The van der Waals surface area contributed by atoms with Crippen molar-refractivity contribution in [2.75, 3.05) is 43.5 Å². The number of rotatable bonds is 6. The zero-order chi connectivity index (χ0) is 16.9. The van der Waals surface area contributed by atoms with Gasteiger partial charge in [0, 0.05) is 12.6 Å².